The monoisotopic (exact) mass is 441 g/mol. The molecular formula is C22H18F3N5O2. The summed E-state index contributed by atoms with van der Waals surface area (Å²) in [6, 6.07) is 15.3. The first-order chi connectivity index (χ1) is 15.2. The number of pyridine rings is 1. The zero-order chi connectivity index (χ0) is 22.9. The van der Waals surface area contributed by atoms with Crippen LogP contribution in [0.25, 0.3) is 16.9 Å². The minimum atomic E-state index is -4.40. The number of rotatable bonds is 5. The Balaban J connectivity index is 1.58. The quantitative estimate of drug-likeness (QED) is 0.469. The number of aryl methyl sites for hydroxylation is 2. The molecule has 10 heteroatoms. The molecular weight excluding hydrogens is 423 g/mol. The van der Waals surface area contributed by atoms with E-state index in [0.717, 1.165) is 27.9 Å². The summed E-state index contributed by atoms with van der Waals surface area (Å²) in [7, 11) is 1.51. The van der Waals surface area contributed by atoms with Crippen LogP contribution >= 0.6 is 0 Å². The number of benzene rings is 2. The first kappa shape index (κ1) is 21.3. The summed E-state index contributed by atoms with van der Waals surface area (Å²) < 4.78 is 46.6. The summed E-state index contributed by atoms with van der Waals surface area (Å²) in [4.78, 5) is 16.7. The van der Waals surface area contributed by atoms with Gasteiger partial charge in [-0.05, 0) is 47.2 Å². The minimum absolute atomic E-state index is 0.106. The van der Waals surface area contributed by atoms with Crippen molar-refractivity contribution >= 4 is 0 Å². The van der Waals surface area contributed by atoms with E-state index in [9.17, 15) is 18.0 Å². The van der Waals surface area contributed by atoms with Gasteiger partial charge in [-0.3, -0.25) is 0 Å². The molecule has 0 spiro atoms. The van der Waals surface area contributed by atoms with Crippen molar-refractivity contribution in [2.75, 3.05) is 0 Å². The van der Waals surface area contributed by atoms with Crippen LogP contribution in [0.5, 0.6) is 5.88 Å². The van der Waals surface area contributed by atoms with Crippen LogP contribution in [0.1, 0.15) is 16.7 Å². The molecule has 0 unspecified atom stereocenters. The lowest BCUT2D eigenvalue weighted by Gasteiger charge is -2.13. The number of tetrazole rings is 1. The molecule has 0 saturated heterocycles. The van der Waals surface area contributed by atoms with Gasteiger partial charge in [0.25, 0.3) is 0 Å². The Bertz CT molecular complexity index is 1310. The maximum Gasteiger partial charge on any atom is 0.416 e. The lowest BCUT2D eigenvalue weighted by Crippen LogP contribution is -2.23. The Morgan fingerprint density at radius 1 is 0.969 bits per heavy atom. The Labute approximate surface area is 180 Å². The second-order valence-corrected chi connectivity index (χ2v) is 7.09. The van der Waals surface area contributed by atoms with Crippen LogP contribution in [-0.4, -0.2) is 24.8 Å². The van der Waals surface area contributed by atoms with Crippen molar-refractivity contribution in [1.29, 1.82) is 0 Å². The molecule has 0 aliphatic rings. The number of aromatic nitrogens is 5. The lowest BCUT2D eigenvalue weighted by atomic mass is 10.1. The minimum Gasteiger partial charge on any atom is -0.473 e. The fourth-order valence-corrected chi connectivity index (χ4v) is 3.17. The van der Waals surface area contributed by atoms with Gasteiger partial charge in [-0.15, -0.1) is 0 Å². The van der Waals surface area contributed by atoms with Crippen molar-refractivity contribution in [3.8, 4) is 22.8 Å². The van der Waals surface area contributed by atoms with Gasteiger partial charge in [-0.1, -0.05) is 30.3 Å². The van der Waals surface area contributed by atoms with E-state index < -0.39 is 11.7 Å². The summed E-state index contributed by atoms with van der Waals surface area (Å²) in [6.07, 6.45) is -4.40. The molecule has 4 rings (SSSR count). The number of alkyl halides is 3. The van der Waals surface area contributed by atoms with Gasteiger partial charge in [0.1, 0.15) is 6.61 Å². The molecule has 0 fully saturated rings. The van der Waals surface area contributed by atoms with Gasteiger partial charge in [-0.2, -0.15) is 22.5 Å². The normalized spacial score (nSPS) is 11.5. The Morgan fingerprint density at radius 2 is 1.69 bits per heavy atom. The molecule has 0 bridgehead atoms. The average molecular weight is 441 g/mol. The van der Waals surface area contributed by atoms with Gasteiger partial charge in [-0.25, -0.2) is 9.78 Å². The second-order valence-electron chi connectivity index (χ2n) is 7.09. The van der Waals surface area contributed by atoms with E-state index in [1.165, 1.54) is 23.9 Å². The highest BCUT2D eigenvalue weighted by atomic mass is 19.4. The summed E-state index contributed by atoms with van der Waals surface area (Å²) in [5, 5.41) is 7.63. The molecule has 2 aromatic carbocycles. The Morgan fingerprint density at radius 3 is 2.34 bits per heavy atom. The topological polar surface area (TPSA) is 74.8 Å². The van der Waals surface area contributed by atoms with E-state index in [-0.39, 0.29) is 12.3 Å². The standard InChI is InChI=1S/C22H18F3N5O2/c1-14-5-3-7-19(30-21(31)29(2)27-28-30)17(14)13-32-20-8-4-6-18(26-20)15-9-11-16(12-10-15)22(23,24)25/h3-12H,13H2,1-2H3. The number of hydrogen-bond acceptors (Lipinski definition) is 5. The Kier molecular flexibility index (Phi) is 5.52. The maximum atomic E-state index is 12.8. The van der Waals surface area contributed by atoms with Crippen molar-refractivity contribution in [3.05, 3.63) is 87.8 Å². The van der Waals surface area contributed by atoms with Crippen LogP contribution in [0, 0.1) is 6.92 Å². The number of hydrogen-bond donors (Lipinski definition) is 0. The average Bonchev–Trinajstić information content (AvgIpc) is 3.10. The molecule has 0 amide bonds. The van der Waals surface area contributed by atoms with E-state index in [1.807, 2.05) is 13.0 Å². The summed E-state index contributed by atoms with van der Waals surface area (Å²) in [5.74, 6) is 0.295. The molecule has 7 nitrogen and oxygen atoms in total. The van der Waals surface area contributed by atoms with Gasteiger partial charge in [0.05, 0.1) is 16.9 Å². The van der Waals surface area contributed by atoms with Crippen LogP contribution in [0.2, 0.25) is 0 Å². The molecule has 2 aromatic heterocycles. The largest absolute Gasteiger partial charge is 0.473 e. The summed E-state index contributed by atoms with van der Waals surface area (Å²) >= 11 is 0. The van der Waals surface area contributed by atoms with Crippen LogP contribution in [0.4, 0.5) is 13.2 Å². The van der Waals surface area contributed by atoms with Gasteiger partial charge >= 0.3 is 11.9 Å². The number of nitrogens with zero attached hydrogens (tertiary/aromatic N) is 5. The van der Waals surface area contributed by atoms with E-state index >= 15 is 0 Å². The SMILES string of the molecule is Cc1cccc(-n2nnn(C)c2=O)c1COc1cccc(-c2ccc(C(F)(F)F)cc2)n1. The number of ether oxygens (including phenoxy) is 1. The summed E-state index contributed by atoms with van der Waals surface area (Å²) in [5.41, 5.74) is 2.06. The van der Waals surface area contributed by atoms with Crippen LogP contribution in [-0.2, 0) is 19.8 Å². The van der Waals surface area contributed by atoms with Crippen LogP contribution in [0.15, 0.2) is 65.5 Å². The van der Waals surface area contributed by atoms with E-state index in [1.54, 1.807) is 30.3 Å². The molecule has 0 atom stereocenters. The second kappa shape index (κ2) is 8.29. The molecule has 32 heavy (non-hydrogen) atoms. The van der Waals surface area contributed by atoms with Gasteiger partial charge < -0.3 is 4.74 Å². The van der Waals surface area contributed by atoms with Gasteiger partial charge in [0.15, 0.2) is 0 Å². The van der Waals surface area contributed by atoms with Crippen molar-refractivity contribution in [2.45, 2.75) is 19.7 Å². The molecule has 164 valence electrons. The summed E-state index contributed by atoms with van der Waals surface area (Å²) in [6.45, 7) is 1.99. The first-order valence-electron chi connectivity index (χ1n) is 9.59. The fraction of sp³-hybridized carbons (Fsp3) is 0.182. The molecule has 2 heterocycles. The maximum absolute atomic E-state index is 12.8. The van der Waals surface area contributed by atoms with E-state index in [0.29, 0.717) is 22.8 Å². The highest BCUT2D eigenvalue weighted by Crippen LogP contribution is 2.31. The highest BCUT2D eigenvalue weighted by Gasteiger charge is 2.30. The zero-order valence-electron chi connectivity index (χ0n) is 17.2. The third-order valence-electron chi connectivity index (χ3n) is 4.93. The highest BCUT2D eigenvalue weighted by molar-refractivity contribution is 5.60. The molecule has 0 radical (unpaired) electrons. The molecule has 0 saturated carbocycles. The van der Waals surface area contributed by atoms with Gasteiger partial charge in [0, 0.05) is 24.2 Å². The molecule has 0 aliphatic carbocycles. The van der Waals surface area contributed by atoms with Crippen molar-refractivity contribution in [2.24, 2.45) is 7.05 Å². The molecule has 0 aliphatic heterocycles. The van der Waals surface area contributed by atoms with Crippen molar-refractivity contribution in [3.63, 3.8) is 0 Å². The fourth-order valence-electron chi connectivity index (χ4n) is 3.17. The van der Waals surface area contributed by atoms with E-state index in [4.69, 9.17) is 4.74 Å². The van der Waals surface area contributed by atoms with Crippen molar-refractivity contribution in [1.82, 2.24) is 24.8 Å². The predicted octanol–water partition coefficient (Wildman–Crippen LogP) is 3.93. The van der Waals surface area contributed by atoms with E-state index in [2.05, 4.69) is 15.4 Å². The smallest absolute Gasteiger partial charge is 0.416 e. The first-order valence-corrected chi connectivity index (χ1v) is 9.59. The third-order valence-corrected chi connectivity index (χ3v) is 4.93. The third kappa shape index (κ3) is 4.25. The zero-order valence-corrected chi connectivity index (χ0v) is 17.2. The van der Waals surface area contributed by atoms with Crippen LogP contribution < -0.4 is 10.4 Å². The van der Waals surface area contributed by atoms with Crippen LogP contribution in [0.3, 0.4) is 0 Å². The number of halogens is 3. The Hall–Kier alpha value is -3.95. The van der Waals surface area contributed by atoms with Crippen molar-refractivity contribution < 1.29 is 17.9 Å². The predicted molar refractivity (Wildman–Crippen MR) is 110 cm³/mol. The molecule has 4 aromatic rings. The molecule has 0 N–H and O–H groups in total. The van der Waals surface area contributed by atoms with Gasteiger partial charge in [0.2, 0.25) is 5.88 Å². The lowest BCUT2D eigenvalue weighted by molar-refractivity contribution is -0.137.